The summed E-state index contributed by atoms with van der Waals surface area (Å²) in [6, 6.07) is 3.79. The van der Waals surface area contributed by atoms with Crippen LogP contribution in [0.1, 0.15) is 11.5 Å². The van der Waals surface area contributed by atoms with Crippen LogP contribution in [-0.2, 0) is 0 Å². The molecule has 0 radical (unpaired) electrons. The van der Waals surface area contributed by atoms with Gasteiger partial charge >= 0.3 is 0 Å². The Morgan fingerprint density at radius 2 is 2.47 bits per heavy atom. The third-order valence-corrected chi connectivity index (χ3v) is 2.08. The maximum absolute atomic E-state index is 5.36. The van der Waals surface area contributed by atoms with Gasteiger partial charge in [0.1, 0.15) is 11.5 Å². The Bertz CT molecular complexity index is 394. The summed E-state index contributed by atoms with van der Waals surface area (Å²) >= 11 is 0. The van der Waals surface area contributed by atoms with Crippen LogP contribution in [-0.4, -0.2) is 37.3 Å². The van der Waals surface area contributed by atoms with Crippen molar-refractivity contribution in [2.24, 2.45) is 10.1 Å². The number of hydrogen-bond donors (Lipinski definition) is 1. The molecule has 1 aliphatic rings. The molecule has 1 aromatic rings. The summed E-state index contributed by atoms with van der Waals surface area (Å²) in [5.41, 5.74) is 0. The van der Waals surface area contributed by atoms with Gasteiger partial charge in [-0.2, -0.15) is 5.10 Å². The van der Waals surface area contributed by atoms with Crippen LogP contribution >= 0.6 is 0 Å². The molecule has 0 saturated heterocycles. The summed E-state index contributed by atoms with van der Waals surface area (Å²) in [5, 5.41) is 9.04. The first-order valence-corrected chi connectivity index (χ1v) is 4.88. The lowest BCUT2D eigenvalue weighted by atomic mass is 10.4. The lowest BCUT2D eigenvalue weighted by molar-refractivity contribution is 0.511. The van der Waals surface area contributed by atoms with Crippen LogP contribution in [0.15, 0.2) is 26.6 Å². The van der Waals surface area contributed by atoms with Gasteiger partial charge in [-0.3, -0.25) is 0 Å². The molecular weight excluding hydrogens is 192 g/mol. The van der Waals surface area contributed by atoms with Crippen molar-refractivity contribution in [3.8, 4) is 0 Å². The van der Waals surface area contributed by atoms with E-state index in [9.17, 15) is 0 Å². The van der Waals surface area contributed by atoms with Crippen molar-refractivity contribution in [2.75, 3.05) is 20.1 Å². The van der Waals surface area contributed by atoms with Gasteiger partial charge in [-0.25, -0.2) is 10.0 Å². The van der Waals surface area contributed by atoms with Crippen molar-refractivity contribution >= 4 is 12.2 Å². The first kappa shape index (κ1) is 9.76. The molecule has 0 aliphatic carbocycles. The van der Waals surface area contributed by atoms with Gasteiger partial charge in [0.05, 0.1) is 12.8 Å². The van der Waals surface area contributed by atoms with Crippen molar-refractivity contribution in [1.29, 1.82) is 0 Å². The number of rotatable bonds is 2. The topological polar surface area (TPSA) is 53.1 Å². The van der Waals surface area contributed by atoms with Crippen LogP contribution in [0.3, 0.4) is 0 Å². The second-order valence-electron chi connectivity index (χ2n) is 3.35. The summed E-state index contributed by atoms with van der Waals surface area (Å²) in [7, 11) is 1.85. The zero-order valence-electron chi connectivity index (χ0n) is 8.90. The van der Waals surface area contributed by atoms with Crippen LogP contribution in [0, 0.1) is 6.92 Å². The van der Waals surface area contributed by atoms with E-state index in [0.717, 1.165) is 30.6 Å². The molecule has 0 aromatic carbocycles. The summed E-state index contributed by atoms with van der Waals surface area (Å²) in [6.07, 6.45) is 1.68. The third-order valence-electron chi connectivity index (χ3n) is 2.08. The first-order valence-electron chi connectivity index (χ1n) is 4.88. The predicted octanol–water partition coefficient (Wildman–Crippen LogP) is 0.813. The van der Waals surface area contributed by atoms with Crippen LogP contribution in [0.5, 0.6) is 0 Å². The highest BCUT2D eigenvalue weighted by Gasteiger charge is 2.08. The van der Waals surface area contributed by atoms with Gasteiger partial charge < -0.3 is 9.73 Å². The standard InChI is InChI=1S/C10H14N4O/c1-8-3-4-9(15-8)7-13-14(2)10-11-5-6-12-10/h3-4,7H,5-6H2,1-2H3,(H,11,12). The molecule has 1 aromatic heterocycles. The van der Waals surface area contributed by atoms with E-state index in [2.05, 4.69) is 15.4 Å². The molecule has 0 bridgehead atoms. The number of aliphatic imine (C=N–C) groups is 1. The van der Waals surface area contributed by atoms with Crippen LogP contribution < -0.4 is 5.32 Å². The van der Waals surface area contributed by atoms with Crippen molar-refractivity contribution < 1.29 is 4.42 Å². The van der Waals surface area contributed by atoms with Gasteiger partial charge in [0.15, 0.2) is 0 Å². The van der Waals surface area contributed by atoms with E-state index in [0.29, 0.717) is 0 Å². The second kappa shape index (κ2) is 4.16. The van der Waals surface area contributed by atoms with E-state index < -0.39 is 0 Å². The molecular formula is C10H14N4O. The Morgan fingerprint density at radius 1 is 1.60 bits per heavy atom. The van der Waals surface area contributed by atoms with Crippen LogP contribution in [0.25, 0.3) is 0 Å². The molecule has 0 atom stereocenters. The number of nitrogens with one attached hydrogen (secondary N) is 1. The van der Waals surface area contributed by atoms with E-state index >= 15 is 0 Å². The molecule has 0 amide bonds. The smallest absolute Gasteiger partial charge is 0.214 e. The summed E-state index contributed by atoms with van der Waals surface area (Å²) in [5.74, 6) is 2.43. The molecule has 1 N–H and O–H groups in total. The molecule has 2 heterocycles. The molecule has 0 fully saturated rings. The van der Waals surface area contributed by atoms with E-state index in [1.54, 1.807) is 11.2 Å². The maximum Gasteiger partial charge on any atom is 0.214 e. The molecule has 5 nitrogen and oxygen atoms in total. The fourth-order valence-corrected chi connectivity index (χ4v) is 1.32. The second-order valence-corrected chi connectivity index (χ2v) is 3.35. The lowest BCUT2D eigenvalue weighted by Gasteiger charge is -2.11. The number of hydrazone groups is 1. The third kappa shape index (κ3) is 2.37. The SMILES string of the molecule is Cc1ccc(C=NN(C)C2=NCCN2)o1. The van der Waals surface area contributed by atoms with Gasteiger partial charge in [-0.15, -0.1) is 0 Å². The Kier molecular flexibility index (Phi) is 2.71. The highest BCUT2D eigenvalue weighted by molar-refractivity contribution is 5.83. The minimum Gasteiger partial charge on any atom is -0.460 e. The summed E-state index contributed by atoms with van der Waals surface area (Å²) in [4.78, 5) is 4.24. The Balaban J connectivity index is 1.98. The van der Waals surface area contributed by atoms with Gasteiger partial charge in [-0.1, -0.05) is 0 Å². The minimum absolute atomic E-state index is 0.748. The van der Waals surface area contributed by atoms with Gasteiger partial charge in [0.25, 0.3) is 0 Å². The quantitative estimate of drug-likeness (QED) is 0.575. The van der Waals surface area contributed by atoms with Gasteiger partial charge in [-0.05, 0) is 19.1 Å². The fourth-order valence-electron chi connectivity index (χ4n) is 1.32. The number of furan rings is 1. The average molecular weight is 206 g/mol. The molecule has 80 valence electrons. The highest BCUT2D eigenvalue weighted by Crippen LogP contribution is 2.03. The van der Waals surface area contributed by atoms with E-state index in [1.807, 2.05) is 26.1 Å². The zero-order valence-corrected chi connectivity index (χ0v) is 8.90. The van der Waals surface area contributed by atoms with Gasteiger partial charge in [0.2, 0.25) is 5.96 Å². The molecule has 15 heavy (non-hydrogen) atoms. The zero-order chi connectivity index (χ0) is 10.7. The number of aryl methyl sites for hydroxylation is 1. The molecule has 0 unspecified atom stereocenters. The van der Waals surface area contributed by atoms with Crippen molar-refractivity contribution in [2.45, 2.75) is 6.92 Å². The fraction of sp³-hybridized carbons (Fsp3) is 0.400. The Labute approximate surface area is 88.5 Å². The predicted molar refractivity (Wildman–Crippen MR) is 59.1 cm³/mol. The van der Waals surface area contributed by atoms with Crippen LogP contribution in [0.4, 0.5) is 0 Å². The number of hydrogen-bond acceptors (Lipinski definition) is 5. The molecule has 0 saturated carbocycles. The van der Waals surface area contributed by atoms with E-state index in [1.165, 1.54) is 0 Å². The summed E-state index contributed by atoms with van der Waals surface area (Å²) < 4.78 is 5.36. The maximum atomic E-state index is 5.36. The molecule has 2 rings (SSSR count). The first-order chi connectivity index (χ1) is 7.25. The largest absolute Gasteiger partial charge is 0.460 e. The Hall–Kier alpha value is -1.78. The van der Waals surface area contributed by atoms with Crippen molar-refractivity contribution in [1.82, 2.24) is 10.3 Å². The van der Waals surface area contributed by atoms with Gasteiger partial charge in [0, 0.05) is 13.6 Å². The lowest BCUT2D eigenvalue weighted by Crippen LogP contribution is -2.32. The minimum atomic E-state index is 0.748. The molecule has 1 aliphatic heterocycles. The number of nitrogens with zero attached hydrogens (tertiary/aromatic N) is 3. The van der Waals surface area contributed by atoms with Crippen molar-refractivity contribution in [3.63, 3.8) is 0 Å². The van der Waals surface area contributed by atoms with Crippen molar-refractivity contribution in [3.05, 3.63) is 23.7 Å². The normalized spacial score (nSPS) is 15.5. The molecule has 5 heteroatoms. The van der Waals surface area contributed by atoms with E-state index in [4.69, 9.17) is 4.42 Å². The van der Waals surface area contributed by atoms with Crippen LogP contribution in [0.2, 0.25) is 0 Å². The monoisotopic (exact) mass is 206 g/mol. The number of guanidine groups is 1. The Morgan fingerprint density at radius 3 is 3.07 bits per heavy atom. The summed E-state index contributed by atoms with van der Waals surface area (Å²) in [6.45, 7) is 3.60. The highest BCUT2D eigenvalue weighted by atomic mass is 16.3. The average Bonchev–Trinajstić information content (AvgIpc) is 2.84. The molecule has 0 spiro atoms. The van der Waals surface area contributed by atoms with E-state index in [-0.39, 0.29) is 0 Å².